The summed E-state index contributed by atoms with van der Waals surface area (Å²) in [6, 6.07) is 13.5. The van der Waals surface area contributed by atoms with E-state index >= 15 is 0 Å². The smallest absolute Gasteiger partial charge is 0.416 e. The van der Waals surface area contributed by atoms with Crippen molar-refractivity contribution >= 4 is 27.1 Å². The molecule has 1 aliphatic rings. The van der Waals surface area contributed by atoms with Crippen molar-refractivity contribution in [3.8, 4) is 0 Å². The molecule has 1 fully saturated rings. The lowest BCUT2D eigenvalue weighted by atomic mass is 10.1. The molecule has 0 spiro atoms. The third-order valence-electron chi connectivity index (χ3n) is 5.24. The van der Waals surface area contributed by atoms with Gasteiger partial charge in [0.1, 0.15) is 11.5 Å². The van der Waals surface area contributed by atoms with E-state index in [4.69, 9.17) is 9.15 Å². The van der Waals surface area contributed by atoms with Gasteiger partial charge in [-0.3, -0.25) is 4.79 Å². The third-order valence-corrected chi connectivity index (χ3v) is 6.90. The number of carbonyl (C=O) groups excluding carboxylic acids is 1. The fraction of sp³-hybridized carbons (Fsp3) is 0.261. The number of halogens is 3. The fourth-order valence-corrected chi connectivity index (χ4v) is 4.82. The van der Waals surface area contributed by atoms with Crippen LogP contribution in [0.3, 0.4) is 0 Å². The predicted octanol–water partition coefficient (Wildman–Crippen LogP) is 4.36. The van der Waals surface area contributed by atoms with E-state index in [0.29, 0.717) is 32.0 Å². The van der Waals surface area contributed by atoms with Crippen LogP contribution in [0, 0.1) is 0 Å². The number of rotatable bonds is 6. The molecule has 1 amide bonds. The number of amides is 1. The summed E-state index contributed by atoms with van der Waals surface area (Å²) < 4.78 is 75.6. The van der Waals surface area contributed by atoms with Gasteiger partial charge in [0.2, 0.25) is 0 Å². The van der Waals surface area contributed by atoms with Gasteiger partial charge in [-0.1, -0.05) is 18.2 Å². The van der Waals surface area contributed by atoms with Gasteiger partial charge in [-0.2, -0.15) is 13.2 Å². The summed E-state index contributed by atoms with van der Waals surface area (Å²) in [5.41, 5.74) is -0.520. The summed E-state index contributed by atoms with van der Waals surface area (Å²) >= 11 is 0. The minimum Gasteiger partial charge on any atom is -0.455 e. The lowest BCUT2D eigenvalue weighted by molar-refractivity contribution is -0.137. The number of benzene rings is 2. The van der Waals surface area contributed by atoms with Crippen molar-refractivity contribution in [2.24, 2.45) is 0 Å². The molecule has 0 bridgehead atoms. The van der Waals surface area contributed by atoms with Crippen LogP contribution in [0.15, 0.2) is 70.0 Å². The summed E-state index contributed by atoms with van der Waals surface area (Å²) in [4.78, 5) is 14.7. The van der Waals surface area contributed by atoms with Crippen LogP contribution in [0.25, 0.3) is 0 Å². The molecule has 2 aromatic carbocycles. The Morgan fingerprint density at radius 2 is 1.71 bits per heavy atom. The number of nitrogens with zero attached hydrogens (tertiary/aromatic N) is 1. The summed E-state index contributed by atoms with van der Waals surface area (Å²) in [6.07, 6.45) is -4.59. The number of hydrogen-bond donors (Lipinski definition) is 1. The Labute approximate surface area is 194 Å². The van der Waals surface area contributed by atoms with Crippen molar-refractivity contribution in [3.05, 3.63) is 77.7 Å². The number of anilines is 2. The zero-order valence-electron chi connectivity index (χ0n) is 17.8. The maximum absolute atomic E-state index is 13.3. The lowest BCUT2D eigenvalue weighted by Crippen LogP contribution is -2.36. The second-order valence-electron chi connectivity index (χ2n) is 7.62. The number of morpholine rings is 1. The van der Waals surface area contributed by atoms with Gasteiger partial charge in [0.05, 0.1) is 35.0 Å². The number of ether oxygens (including phenoxy) is 1. The van der Waals surface area contributed by atoms with Crippen molar-refractivity contribution in [2.45, 2.75) is 16.8 Å². The van der Waals surface area contributed by atoms with Crippen molar-refractivity contribution in [3.63, 3.8) is 0 Å². The molecule has 1 aromatic heterocycles. The van der Waals surface area contributed by atoms with Gasteiger partial charge >= 0.3 is 6.18 Å². The van der Waals surface area contributed by atoms with Crippen LogP contribution in [0.5, 0.6) is 0 Å². The molecule has 1 N–H and O–H groups in total. The zero-order chi connectivity index (χ0) is 24.3. The number of carbonyl (C=O) groups is 1. The van der Waals surface area contributed by atoms with Crippen LogP contribution >= 0.6 is 0 Å². The van der Waals surface area contributed by atoms with Crippen molar-refractivity contribution < 1.29 is 35.5 Å². The molecule has 180 valence electrons. The molecular formula is C23H21F3N2O5S. The molecule has 7 nitrogen and oxygen atoms in total. The minimum atomic E-state index is -4.59. The first-order chi connectivity index (χ1) is 16.1. The highest BCUT2D eigenvalue weighted by Gasteiger charge is 2.32. The second kappa shape index (κ2) is 9.51. The number of alkyl halides is 3. The van der Waals surface area contributed by atoms with Crippen molar-refractivity contribution in [1.82, 2.24) is 0 Å². The Hall–Kier alpha value is -3.31. The molecule has 2 heterocycles. The predicted molar refractivity (Wildman–Crippen MR) is 118 cm³/mol. The van der Waals surface area contributed by atoms with E-state index in [-0.39, 0.29) is 22.1 Å². The standard InChI is InChI=1S/C23H21F3N2O5S/c24-23(25,26)16-6-8-20(28-10-12-32-13-11-28)19(14-16)27-22(29)21-9-7-17(33-21)15-34(30,31)18-4-2-1-3-5-18/h1-9,14H,10-13,15H2,(H,27,29). The molecular weight excluding hydrogens is 473 g/mol. The van der Waals surface area contributed by atoms with Crippen LogP contribution in [-0.2, 0) is 26.5 Å². The minimum absolute atomic E-state index is 0.0309. The highest BCUT2D eigenvalue weighted by Crippen LogP contribution is 2.36. The topological polar surface area (TPSA) is 88.9 Å². The highest BCUT2D eigenvalue weighted by atomic mass is 32.2. The second-order valence-corrected chi connectivity index (χ2v) is 9.61. The van der Waals surface area contributed by atoms with E-state index in [1.54, 1.807) is 18.2 Å². The van der Waals surface area contributed by atoms with E-state index < -0.39 is 33.2 Å². The van der Waals surface area contributed by atoms with E-state index in [1.165, 1.54) is 30.3 Å². The number of sulfone groups is 1. The van der Waals surface area contributed by atoms with Gasteiger partial charge in [-0.15, -0.1) is 0 Å². The summed E-state index contributed by atoms with van der Waals surface area (Å²) in [7, 11) is -3.70. The molecule has 1 aliphatic heterocycles. The van der Waals surface area contributed by atoms with Crippen LogP contribution in [-0.4, -0.2) is 40.6 Å². The number of hydrogen-bond acceptors (Lipinski definition) is 6. The normalized spacial score (nSPS) is 14.7. The van der Waals surface area contributed by atoms with E-state index in [0.717, 1.165) is 12.1 Å². The molecule has 34 heavy (non-hydrogen) atoms. The van der Waals surface area contributed by atoms with Gasteiger partial charge in [0.15, 0.2) is 15.6 Å². The summed E-state index contributed by atoms with van der Waals surface area (Å²) in [5, 5.41) is 2.48. The first-order valence-electron chi connectivity index (χ1n) is 10.4. The summed E-state index contributed by atoms with van der Waals surface area (Å²) in [6.45, 7) is 1.73. The Balaban J connectivity index is 1.56. The average Bonchev–Trinajstić information content (AvgIpc) is 3.27. The van der Waals surface area contributed by atoms with Crippen LogP contribution < -0.4 is 10.2 Å². The van der Waals surface area contributed by atoms with Crippen molar-refractivity contribution in [2.75, 3.05) is 36.5 Å². The SMILES string of the molecule is O=C(Nc1cc(C(F)(F)F)ccc1N1CCOCC1)c1ccc(CS(=O)(=O)c2ccccc2)o1. The zero-order valence-corrected chi connectivity index (χ0v) is 18.7. The lowest BCUT2D eigenvalue weighted by Gasteiger charge is -2.30. The molecule has 0 atom stereocenters. The highest BCUT2D eigenvalue weighted by molar-refractivity contribution is 7.90. The largest absolute Gasteiger partial charge is 0.455 e. The van der Waals surface area contributed by atoms with Gasteiger partial charge in [-0.25, -0.2) is 8.42 Å². The summed E-state index contributed by atoms with van der Waals surface area (Å²) in [5.74, 6) is -1.44. The van der Waals surface area contributed by atoms with Crippen LogP contribution in [0.4, 0.5) is 24.5 Å². The first-order valence-corrected chi connectivity index (χ1v) is 12.0. The Morgan fingerprint density at radius 1 is 1.00 bits per heavy atom. The van der Waals surface area contributed by atoms with Crippen LogP contribution in [0.2, 0.25) is 0 Å². The average molecular weight is 494 g/mol. The molecule has 3 aromatic rings. The number of nitrogens with one attached hydrogen (secondary N) is 1. The molecule has 1 saturated heterocycles. The van der Waals surface area contributed by atoms with E-state index in [1.807, 2.05) is 4.90 Å². The number of furan rings is 1. The maximum atomic E-state index is 13.3. The monoisotopic (exact) mass is 494 g/mol. The molecule has 0 aliphatic carbocycles. The van der Waals surface area contributed by atoms with Crippen LogP contribution in [0.1, 0.15) is 21.9 Å². The molecule has 11 heteroatoms. The van der Waals surface area contributed by atoms with Crippen molar-refractivity contribution in [1.29, 1.82) is 0 Å². The first kappa shape index (κ1) is 23.8. The molecule has 4 rings (SSSR count). The quantitative estimate of drug-likeness (QED) is 0.548. The third kappa shape index (κ3) is 5.42. The molecule has 0 saturated carbocycles. The maximum Gasteiger partial charge on any atom is 0.416 e. The van der Waals surface area contributed by atoms with Gasteiger partial charge in [0.25, 0.3) is 5.91 Å². The Bertz CT molecular complexity index is 1270. The molecule has 0 unspecified atom stereocenters. The fourth-order valence-electron chi connectivity index (χ4n) is 3.55. The Kier molecular flexibility index (Phi) is 6.67. The van der Waals surface area contributed by atoms with Gasteiger partial charge < -0.3 is 19.4 Å². The van der Waals surface area contributed by atoms with E-state index in [9.17, 15) is 26.4 Å². The van der Waals surface area contributed by atoms with Gasteiger partial charge in [-0.05, 0) is 42.5 Å². The van der Waals surface area contributed by atoms with E-state index in [2.05, 4.69) is 5.32 Å². The molecule has 0 radical (unpaired) electrons. The van der Waals surface area contributed by atoms with Gasteiger partial charge in [0, 0.05) is 13.1 Å². The Morgan fingerprint density at radius 3 is 2.38 bits per heavy atom.